The van der Waals surface area contributed by atoms with E-state index in [1.165, 1.54) is 20.3 Å². The van der Waals surface area contributed by atoms with Crippen LogP contribution in [0.1, 0.15) is 5.56 Å². The molecule has 0 unspecified atom stereocenters. The van der Waals surface area contributed by atoms with Gasteiger partial charge in [-0.15, -0.1) is 0 Å². The lowest BCUT2D eigenvalue weighted by Gasteiger charge is -2.08. The number of fused-ring (bicyclic) bond motifs is 1. The fraction of sp³-hybridized carbons (Fsp3) is 0.176. The molecule has 22 heavy (non-hydrogen) atoms. The maximum Gasteiger partial charge on any atom is 0.142 e. The average molecular weight is 300 g/mol. The molecule has 2 N–H and O–H groups in total. The lowest BCUT2D eigenvalue weighted by atomic mass is 10.0. The molecular weight excluding hydrogens is 284 g/mol. The number of rotatable bonds is 3. The number of aromatic hydroxyl groups is 2. The van der Waals surface area contributed by atoms with Gasteiger partial charge >= 0.3 is 0 Å². The van der Waals surface area contributed by atoms with Gasteiger partial charge in [-0.05, 0) is 19.1 Å². The molecule has 0 amide bonds. The summed E-state index contributed by atoms with van der Waals surface area (Å²) in [7, 11) is 3.05. The topological polar surface area (TPSA) is 72.1 Å². The van der Waals surface area contributed by atoms with E-state index in [0.717, 1.165) is 0 Å². The average Bonchev–Trinajstić information content (AvgIpc) is 2.94. The highest BCUT2D eigenvalue weighted by Crippen LogP contribution is 2.40. The van der Waals surface area contributed by atoms with Gasteiger partial charge in [-0.3, -0.25) is 0 Å². The van der Waals surface area contributed by atoms with E-state index in [1.807, 2.05) is 0 Å². The van der Waals surface area contributed by atoms with Crippen molar-refractivity contribution in [3.63, 3.8) is 0 Å². The normalized spacial score (nSPS) is 10.9. The zero-order valence-corrected chi connectivity index (χ0v) is 12.5. The molecule has 1 heterocycles. The summed E-state index contributed by atoms with van der Waals surface area (Å²) in [5.41, 5.74) is 1.88. The number of hydrogen-bond donors (Lipinski definition) is 2. The van der Waals surface area contributed by atoms with E-state index in [2.05, 4.69) is 0 Å². The SMILES string of the molecule is COc1cc(O)c(C)c(-c2cc3c(O)cc(OC)cc3o2)c1. The lowest BCUT2D eigenvalue weighted by molar-refractivity contribution is 0.406. The molecule has 0 aliphatic rings. The summed E-state index contributed by atoms with van der Waals surface area (Å²) in [5, 5.41) is 20.6. The fourth-order valence-electron chi connectivity index (χ4n) is 2.39. The van der Waals surface area contributed by atoms with Crippen LogP contribution in [0.3, 0.4) is 0 Å². The first-order valence-electron chi connectivity index (χ1n) is 6.72. The Labute approximate surface area is 127 Å². The molecule has 3 aromatic rings. The van der Waals surface area contributed by atoms with Crippen molar-refractivity contribution in [2.45, 2.75) is 6.92 Å². The van der Waals surface area contributed by atoms with Crippen LogP contribution >= 0.6 is 0 Å². The summed E-state index contributed by atoms with van der Waals surface area (Å²) in [4.78, 5) is 0. The van der Waals surface area contributed by atoms with Crippen LogP contribution in [-0.2, 0) is 0 Å². The van der Waals surface area contributed by atoms with Gasteiger partial charge in [0.15, 0.2) is 0 Å². The molecule has 0 saturated heterocycles. The predicted octanol–water partition coefficient (Wildman–Crippen LogP) is 3.84. The second kappa shape index (κ2) is 5.18. The van der Waals surface area contributed by atoms with Gasteiger partial charge in [0.1, 0.15) is 34.3 Å². The molecule has 0 bridgehead atoms. The standard InChI is InChI=1S/C17H16O5/c1-9-12(4-10(20-2)5-14(9)18)17-8-13-15(19)6-11(21-3)7-16(13)22-17/h4-8,18-19H,1-3H3. The van der Waals surface area contributed by atoms with Crippen molar-refractivity contribution >= 4 is 11.0 Å². The molecule has 3 rings (SSSR count). The molecule has 0 fully saturated rings. The first kappa shape index (κ1) is 14.1. The van der Waals surface area contributed by atoms with Gasteiger partial charge in [-0.25, -0.2) is 0 Å². The molecule has 2 aromatic carbocycles. The summed E-state index contributed by atoms with van der Waals surface area (Å²) in [5.74, 6) is 1.77. The van der Waals surface area contributed by atoms with Crippen LogP contribution in [0.25, 0.3) is 22.3 Å². The Morgan fingerprint density at radius 3 is 2.18 bits per heavy atom. The van der Waals surface area contributed by atoms with Gasteiger partial charge in [0.05, 0.1) is 19.6 Å². The van der Waals surface area contributed by atoms with E-state index in [9.17, 15) is 10.2 Å². The molecule has 0 radical (unpaired) electrons. The van der Waals surface area contributed by atoms with Crippen LogP contribution in [0.4, 0.5) is 0 Å². The first-order chi connectivity index (χ1) is 10.5. The van der Waals surface area contributed by atoms with Crippen LogP contribution < -0.4 is 9.47 Å². The molecule has 0 aliphatic heterocycles. The quantitative estimate of drug-likeness (QED) is 0.769. The highest BCUT2D eigenvalue weighted by Gasteiger charge is 2.16. The molecule has 0 saturated carbocycles. The second-order valence-corrected chi connectivity index (χ2v) is 4.99. The number of phenolic OH excluding ortho intramolecular Hbond substituents is 2. The number of ether oxygens (including phenoxy) is 2. The fourth-order valence-corrected chi connectivity index (χ4v) is 2.39. The minimum Gasteiger partial charge on any atom is -0.508 e. The van der Waals surface area contributed by atoms with Gasteiger partial charge < -0.3 is 24.1 Å². The Bertz CT molecular complexity index is 848. The van der Waals surface area contributed by atoms with Crippen LogP contribution in [0.2, 0.25) is 0 Å². The summed E-state index contributed by atoms with van der Waals surface area (Å²) in [6.07, 6.45) is 0. The minimum absolute atomic E-state index is 0.0779. The van der Waals surface area contributed by atoms with Gasteiger partial charge in [0.2, 0.25) is 0 Å². The number of methoxy groups -OCH3 is 2. The van der Waals surface area contributed by atoms with Crippen LogP contribution in [-0.4, -0.2) is 24.4 Å². The molecular formula is C17H16O5. The maximum absolute atomic E-state index is 10.1. The van der Waals surface area contributed by atoms with Crippen molar-refractivity contribution < 1.29 is 24.1 Å². The number of hydrogen-bond acceptors (Lipinski definition) is 5. The third kappa shape index (κ3) is 2.20. The largest absolute Gasteiger partial charge is 0.508 e. The highest BCUT2D eigenvalue weighted by atomic mass is 16.5. The van der Waals surface area contributed by atoms with Crippen molar-refractivity contribution in [1.82, 2.24) is 0 Å². The molecule has 0 aliphatic carbocycles. The van der Waals surface area contributed by atoms with E-state index >= 15 is 0 Å². The highest BCUT2D eigenvalue weighted by molar-refractivity contribution is 5.90. The van der Waals surface area contributed by atoms with E-state index in [-0.39, 0.29) is 11.5 Å². The molecule has 0 atom stereocenters. The van der Waals surface area contributed by atoms with E-state index in [4.69, 9.17) is 13.9 Å². The number of phenols is 2. The molecule has 1 aromatic heterocycles. The molecule has 5 heteroatoms. The number of benzene rings is 2. The minimum atomic E-state index is 0.0779. The van der Waals surface area contributed by atoms with Crippen molar-refractivity contribution in [1.29, 1.82) is 0 Å². The van der Waals surface area contributed by atoms with Gasteiger partial charge in [-0.1, -0.05) is 0 Å². The van der Waals surface area contributed by atoms with E-state index in [1.54, 1.807) is 31.2 Å². The monoisotopic (exact) mass is 300 g/mol. The number of furan rings is 1. The second-order valence-electron chi connectivity index (χ2n) is 4.99. The zero-order valence-electron chi connectivity index (χ0n) is 12.5. The van der Waals surface area contributed by atoms with Crippen LogP contribution in [0.5, 0.6) is 23.0 Å². The van der Waals surface area contributed by atoms with Crippen molar-refractivity contribution in [2.24, 2.45) is 0 Å². The molecule has 114 valence electrons. The van der Waals surface area contributed by atoms with Crippen LogP contribution in [0, 0.1) is 6.92 Å². The lowest BCUT2D eigenvalue weighted by Crippen LogP contribution is -1.87. The maximum atomic E-state index is 10.1. The predicted molar refractivity (Wildman–Crippen MR) is 82.8 cm³/mol. The summed E-state index contributed by atoms with van der Waals surface area (Å²) in [6.45, 7) is 1.79. The van der Waals surface area contributed by atoms with E-state index < -0.39 is 0 Å². The Morgan fingerprint density at radius 2 is 1.50 bits per heavy atom. The Hall–Kier alpha value is -2.82. The van der Waals surface area contributed by atoms with Gasteiger partial charge in [0.25, 0.3) is 0 Å². The first-order valence-corrected chi connectivity index (χ1v) is 6.72. The van der Waals surface area contributed by atoms with Crippen molar-refractivity contribution in [3.8, 4) is 34.3 Å². The smallest absolute Gasteiger partial charge is 0.142 e. The summed E-state index contributed by atoms with van der Waals surface area (Å²) in [6, 6.07) is 8.28. The van der Waals surface area contributed by atoms with Crippen molar-refractivity contribution in [3.05, 3.63) is 35.9 Å². The van der Waals surface area contributed by atoms with E-state index in [0.29, 0.717) is 39.4 Å². The zero-order chi connectivity index (χ0) is 15.9. The van der Waals surface area contributed by atoms with Crippen molar-refractivity contribution in [2.75, 3.05) is 14.2 Å². The summed E-state index contributed by atoms with van der Waals surface area (Å²) >= 11 is 0. The Kier molecular flexibility index (Phi) is 3.33. The Balaban J connectivity index is 2.23. The van der Waals surface area contributed by atoms with Crippen LogP contribution in [0.15, 0.2) is 34.7 Å². The molecule has 5 nitrogen and oxygen atoms in total. The Morgan fingerprint density at radius 1 is 0.864 bits per heavy atom. The summed E-state index contributed by atoms with van der Waals surface area (Å²) < 4.78 is 16.1. The third-order valence-corrected chi connectivity index (χ3v) is 3.68. The van der Waals surface area contributed by atoms with Gasteiger partial charge in [0, 0.05) is 29.3 Å². The molecule has 0 spiro atoms. The van der Waals surface area contributed by atoms with Gasteiger partial charge in [-0.2, -0.15) is 0 Å². The third-order valence-electron chi connectivity index (χ3n) is 3.68.